The molecule has 0 fully saturated rings. The largest absolute Gasteiger partial charge is 0.493 e. The van der Waals surface area contributed by atoms with Gasteiger partial charge in [-0.15, -0.1) is 0 Å². The van der Waals surface area contributed by atoms with Crippen molar-refractivity contribution in [2.75, 3.05) is 25.1 Å². The van der Waals surface area contributed by atoms with E-state index in [0.717, 1.165) is 16.4 Å². The first kappa shape index (κ1) is 25.7. The number of rotatable bonds is 10. The molecular formula is C25H26FN3O5S. The maximum Gasteiger partial charge on any atom is 0.264 e. The lowest BCUT2D eigenvalue weighted by molar-refractivity contribution is -0.119. The summed E-state index contributed by atoms with van der Waals surface area (Å²) < 4.78 is 51.5. The maximum atomic E-state index is 13.5. The molecule has 0 aliphatic heterocycles. The molecule has 0 bridgehead atoms. The number of benzene rings is 3. The van der Waals surface area contributed by atoms with E-state index in [1.807, 2.05) is 6.92 Å². The normalized spacial score (nSPS) is 11.6. The van der Waals surface area contributed by atoms with Crippen LogP contribution in [0, 0.1) is 5.82 Å². The Bertz CT molecular complexity index is 1300. The van der Waals surface area contributed by atoms with Gasteiger partial charge in [-0.3, -0.25) is 9.10 Å². The highest BCUT2D eigenvalue weighted by atomic mass is 32.2. The van der Waals surface area contributed by atoms with Crippen molar-refractivity contribution in [1.29, 1.82) is 0 Å². The summed E-state index contributed by atoms with van der Waals surface area (Å²) in [4.78, 5) is 12.8. The Morgan fingerprint density at radius 2 is 1.63 bits per heavy atom. The Morgan fingerprint density at radius 1 is 0.971 bits per heavy atom. The fourth-order valence-electron chi connectivity index (χ4n) is 3.30. The molecule has 35 heavy (non-hydrogen) atoms. The molecule has 1 amide bonds. The highest BCUT2D eigenvalue weighted by Crippen LogP contribution is 2.28. The van der Waals surface area contributed by atoms with Gasteiger partial charge in [-0.25, -0.2) is 18.2 Å². The molecule has 10 heteroatoms. The van der Waals surface area contributed by atoms with Crippen LogP contribution in [0.1, 0.15) is 18.9 Å². The van der Waals surface area contributed by atoms with E-state index in [1.165, 1.54) is 38.5 Å². The van der Waals surface area contributed by atoms with Crippen molar-refractivity contribution in [2.45, 2.75) is 18.2 Å². The van der Waals surface area contributed by atoms with Crippen LogP contribution in [-0.2, 0) is 14.8 Å². The van der Waals surface area contributed by atoms with Crippen LogP contribution >= 0.6 is 0 Å². The van der Waals surface area contributed by atoms with Crippen molar-refractivity contribution in [2.24, 2.45) is 5.10 Å². The molecule has 8 nitrogen and oxygen atoms in total. The molecule has 0 aromatic heterocycles. The van der Waals surface area contributed by atoms with Gasteiger partial charge in [0.2, 0.25) is 0 Å². The number of nitrogens with one attached hydrogen (secondary N) is 1. The molecule has 184 valence electrons. The number of carbonyl (C=O) groups excluding carboxylic acids is 1. The zero-order valence-corrected chi connectivity index (χ0v) is 20.4. The first-order valence-corrected chi connectivity index (χ1v) is 12.1. The monoisotopic (exact) mass is 499 g/mol. The predicted molar refractivity (Wildman–Crippen MR) is 132 cm³/mol. The van der Waals surface area contributed by atoms with Gasteiger partial charge in [-0.1, -0.05) is 25.1 Å². The highest BCUT2D eigenvalue weighted by molar-refractivity contribution is 7.92. The van der Waals surface area contributed by atoms with Crippen LogP contribution in [0.25, 0.3) is 0 Å². The van der Waals surface area contributed by atoms with E-state index in [0.29, 0.717) is 29.2 Å². The second-order valence-electron chi connectivity index (χ2n) is 7.32. The van der Waals surface area contributed by atoms with Crippen LogP contribution in [0.4, 0.5) is 10.1 Å². The van der Waals surface area contributed by atoms with Crippen LogP contribution in [0.2, 0.25) is 0 Å². The number of halogens is 1. The Balaban J connectivity index is 1.87. The number of hydrogen-bond acceptors (Lipinski definition) is 6. The van der Waals surface area contributed by atoms with E-state index in [9.17, 15) is 17.6 Å². The summed E-state index contributed by atoms with van der Waals surface area (Å²) in [7, 11) is -1.06. The molecule has 0 heterocycles. The summed E-state index contributed by atoms with van der Waals surface area (Å²) in [6.45, 7) is 1.31. The number of sulfonamides is 1. The maximum absolute atomic E-state index is 13.5. The van der Waals surface area contributed by atoms with E-state index in [1.54, 1.807) is 36.4 Å². The van der Waals surface area contributed by atoms with Gasteiger partial charge in [0, 0.05) is 5.56 Å². The van der Waals surface area contributed by atoms with Crippen molar-refractivity contribution in [3.63, 3.8) is 0 Å². The van der Waals surface area contributed by atoms with Crippen LogP contribution in [0.15, 0.2) is 82.8 Å². The minimum atomic E-state index is -4.10. The van der Waals surface area contributed by atoms with E-state index in [2.05, 4.69) is 10.5 Å². The van der Waals surface area contributed by atoms with Crippen molar-refractivity contribution in [3.8, 4) is 11.5 Å². The molecule has 3 aromatic carbocycles. The Kier molecular flexibility index (Phi) is 8.43. The van der Waals surface area contributed by atoms with Gasteiger partial charge in [0.25, 0.3) is 15.9 Å². The predicted octanol–water partition coefficient (Wildman–Crippen LogP) is 3.97. The van der Waals surface area contributed by atoms with Crippen LogP contribution in [0.3, 0.4) is 0 Å². The molecule has 1 N–H and O–H groups in total. The molecule has 0 aliphatic rings. The van der Waals surface area contributed by atoms with Crippen molar-refractivity contribution in [3.05, 3.63) is 84.2 Å². The summed E-state index contributed by atoms with van der Waals surface area (Å²) in [6, 6.07) is 17.8. The number of hydrogen-bond donors (Lipinski definition) is 1. The topological polar surface area (TPSA) is 97.3 Å². The third-order valence-electron chi connectivity index (χ3n) is 5.10. The number of anilines is 1. The summed E-state index contributed by atoms with van der Waals surface area (Å²) in [6.07, 6.45) is 0.486. The Labute approximate surface area is 204 Å². The van der Waals surface area contributed by atoms with Gasteiger partial charge >= 0.3 is 0 Å². The smallest absolute Gasteiger partial charge is 0.264 e. The minimum absolute atomic E-state index is 0.000186. The van der Waals surface area contributed by atoms with Crippen LogP contribution in [0.5, 0.6) is 11.5 Å². The van der Waals surface area contributed by atoms with Gasteiger partial charge in [-0.05, 0) is 61.0 Å². The number of amides is 1. The van der Waals surface area contributed by atoms with E-state index in [4.69, 9.17) is 9.47 Å². The molecule has 0 radical (unpaired) electrons. The lowest BCUT2D eigenvalue weighted by atomic mass is 10.1. The summed E-state index contributed by atoms with van der Waals surface area (Å²) >= 11 is 0. The number of methoxy groups -OCH3 is 2. The second-order valence-corrected chi connectivity index (χ2v) is 9.18. The SMILES string of the molecule is CC/C(=N/NC(=O)CN(c1ccc(F)cc1)S(=O)(=O)c1ccccc1)c1ccc(OC)c(OC)c1. The summed E-state index contributed by atoms with van der Waals surface area (Å²) in [5, 5.41) is 4.20. The third kappa shape index (κ3) is 6.15. The molecule has 0 aliphatic carbocycles. The lowest BCUT2D eigenvalue weighted by Crippen LogP contribution is -2.39. The number of carbonyl (C=O) groups is 1. The summed E-state index contributed by atoms with van der Waals surface area (Å²) in [5.41, 5.74) is 3.83. The molecule has 0 saturated heterocycles. The molecule has 0 unspecified atom stereocenters. The van der Waals surface area contributed by atoms with Crippen LogP contribution in [-0.4, -0.2) is 40.8 Å². The number of ether oxygens (including phenoxy) is 2. The Morgan fingerprint density at radius 3 is 2.23 bits per heavy atom. The van der Waals surface area contributed by atoms with Gasteiger partial charge in [0.05, 0.1) is 30.5 Å². The summed E-state index contributed by atoms with van der Waals surface area (Å²) in [5.74, 6) is -0.131. The standard InChI is InChI=1S/C25H26FN3O5S/c1-4-22(18-10-15-23(33-2)24(16-18)34-3)27-28-25(30)17-29(20-13-11-19(26)12-14-20)35(31,32)21-8-6-5-7-9-21/h5-16H,4,17H2,1-3H3,(H,28,30)/b27-22-. The fourth-order valence-corrected chi connectivity index (χ4v) is 4.74. The van der Waals surface area contributed by atoms with Gasteiger partial charge in [0.1, 0.15) is 12.4 Å². The lowest BCUT2D eigenvalue weighted by Gasteiger charge is -2.23. The van der Waals surface area contributed by atoms with Gasteiger partial charge < -0.3 is 9.47 Å². The molecule has 0 spiro atoms. The quantitative estimate of drug-likeness (QED) is 0.336. The zero-order valence-electron chi connectivity index (χ0n) is 19.6. The average molecular weight is 500 g/mol. The third-order valence-corrected chi connectivity index (χ3v) is 6.89. The Hall–Kier alpha value is -3.92. The molecule has 0 saturated carbocycles. The molecular weight excluding hydrogens is 473 g/mol. The van der Waals surface area contributed by atoms with Gasteiger partial charge in [0.15, 0.2) is 11.5 Å². The second kappa shape index (κ2) is 11.5. The van der Waals surface area contributed by atoms with E-state index < -0.39 is 28.3 Å². The van der Waals surface area contributed by atoms with Crippen molar-refractivity contribution < 1.29 is 27.1 Å². The first-order chi connectivity index (χ1) is 16.8. The van der Waals surface area contributed by atoms with Crippen molar-refractivity contribution in [1.82, 2.24) is 5.43 Å². The minimum Gasteiger partial charge on any atom is -0.493 e. The van der Waals surface area contributed by atoms with E-state index >= 15 is 0 Å². The van der Waals surface area contributed by atoms with Crippen molar-refractivity contribution >= 4 is 27.3 Å². The molecule has 3 aromatic rings. The fraction of sp³-hybridized carbons (Fsp3) is 0.200. The highest BCUT2D eigenvalue weighted by Gasteiger charge is 2.27. The number of nitrogens with zero attached hydrogens (tertiary/aromatic N) is 2. The first-order valence-electron chi connectivity index (χ1n) is 10.7. The number of hydrazone groups is 1. The zero-order chi connectivity index (χ0) is 25.4. The molecule has 0 atom stereocenters. The van der Waals surface area contributed by atoms with Crippen LogP contribution < -0.4 is 19.2 Å². The molecule has 3 rings (SSSR count). The van der Waals surface area contributed by atoms with E-state index in [-0.39, 0.29) is 10.6 Å². The van der Waals surface area contributed by atoms with Gasteiger partial charge in [-0.2, -0.15) is 5.10 Å². The average Bonchev–Trinajstić information content (AvgIpc) is 2.88.